The van der Waals surface area contributed by atoms with Crippen LogP contribution in [0.2, 0.25) is 0 Å². The molecule has 1 N–H and O–H groups in total. The summed E-state index contributed by atoms with van der Waals surface area (Å²) in [6.45, 7) is 2.30. The Bertz CT molecular complexity index is 829. The van der Waals surface area contributed by atoms with Crippen molar-refractivity contribution in [3.63, 3.8) is 0 Å². The standard InChI is InChI=1S/C18H16FN5O/c1-2-23-11-16(13-5-7-14(19)8-6-13)24(12-20)17(18(23)25)22-15-4-3-9-21-10-15/h3-11,17,22H,2H2,1H3. The van der Waals surface area contributed by atoms with E-state index in [1.807, 2.05) is 6.92 Å². The van der Waals surface area contributed by atoms with Crippen LogP contribution < -0.4 is 5.32 Å². The van der Waals surface area contributed by atoms with Crippen molar-refractivity contribution in [1.82, 2.24) is 14.8 Å². The number of nitrogens with zero attached hydrogens (tertiary/aromatic N) is 4. The summed E-state index contributed by atoms with van der Waals surface area (Å²) in [5.41, 5.74) is 1.79. The first kappa shape index (κ1) is 16.5. The lowest BCUT2D eigenvalue weighted by Crippen LogP contribution is -2.52. The fourth-order valence-corrected chi connectivity index (χ4v) is 2.61. The predicted octanol–water partition coefficient (Wildman–Crippen LogP) is 2.60. The van der Waals surface area contributed by atoms with Crippen molar-refractivity contribution in [3.8, 4) is 6.19 Å². The molecule has 1 atom stereocenters. The molecule has 1 aliphatic heterocycles. The molecule has 3 rings (SSSR count). The van der Waals surface area contributed by atoms with Gasteiger partial charge in [-0.2, -0.15) is 5.26 Å². The van der Waals surface area contributed by atoms with Crippen molar-refractivity contribution in [2.45, 2.75) is 13.1 Å². The van der Waals surface area contributed by atoms with Gasteiger partial charge in [-0.1, -0.05) is 0 Å². The van der Waals surface area contributed by atoms with Crippen molar-refractivity contribution < 1.29 is 9.18 Å². The lowest BCUT2D eigenvalue weighted by molar-refractivity contribution is -0.132. The van der Waals surface area contributed by atoms with E-state index < -0.39 is 6.17 Å². The van der Waals surface area contributed by atoms with Gasteiger partial charge in [0.15, 0.2) is 12.4 Å². The minimum atomic E-state index is -0.904. The van der Waals surface area contributed by atoms with Gasteiger partial charge in [-0.3, -0.25) is 9.78 Å². The number of rotatable bonds is 4. The highest BCUT2D eigenvalue weighted by molar-refractivity contribution is 5.91. The summed E-state index contributed by atoms with van der Waals surface area (Å²) in [7, 11) is 0. The van der Waals surface area contributed by atoms with Crippen LogP contribution in [0.5, 0.6) is 0 Å². The van der Waals surface area contributed by atoms with E-state index in [9.17, 15) is 14.4 Å². The van der Waals surface area contributed by atoms with Crippen LogP contribution in [-0.4, -0.2) is 33.4 Å². The Hall–Kier alpha value is -3.40. The lowest BCUT2D eigenvalue weighted by Gasteiger charge is -2.37. The van der Waals surface area contributed by atoms with Crippen molar-refractivity contribution in [3.05, 3.63) is 66.4 Å². The zero-order valence-corrected chi connectivity index (χ0v) is 13.6. The van der Waals surface area contributed by atoms with Crippen LogP contribution in [0.1, 0.15) is 12.5 Å². The minimum absolute atomic E-state index is 0.251. The number of hydrogen-bond donors (Lipinski definition) is 1. The monoisotopic (exact) mass is 337 g/mol. The molecular formula is C18H16FN5O. The molecule has 2 aromatic rings. The van der Waals surface area contributed by atoms with Gasteiger partial charge in [0, 0.05) is 30.7 Å². The number of nitriles is 1. The zero-order valence-electron chi connectivity index (χ0n) is 13.6. The average molecular weight is 337 g/mol. The van der Waals surface area contributed by atoms with Gasteiger partial charge in [0.25, 0.3) is 5.91 Å². The fourth-order valence-electron chi connectivity index (χ4n) is 2.61. The van der Waals surface area contributed by atoms with E-state index in [0.29, 0.717) is 23.5 Å². The van der Waals surface area contributed by atoms with Crippen LogP contribution in [-0.2, 0) is 4.79 Å². The number of carbonyl (C=O) groups is 1. The topological polar surface area (TPSA) is 72.3 Å². The summed E-state index contributed by atoms with van der Waals surface area (Å²) in [5, 5.41) is 12.7. The molecule has 1 aromatic heterocycles. The molecule has 0 aliphatic carbocycles. The van der Waals surface area contributed by atoms with Crippen LogP contribution in [0.25, 0.3) is 5.70 Å². The quantitative estimate of drug-likeness (QED) is 0.868. The van der Waals surface area contributed by atoms with Crippen molar-refractivity contribution in [1.29, 1.82) is 5.26 Å². The van der Waals surface area contributed by atoms with Crippen LogP contribution in [0.15, 0.2) is 55.0 Å². The first-order valence-corrected chi connectivity index (χ1v) is 7.78. The van der Waals surface area contributed by atoms with E-state index in [2.05, 4.69) is 16.5 Å². The first-order chi connectivity index (χ1) is 12.1. The average Bonchev–Trinajstić information content (AvgIpc) is 2.65. The van der Waals surface area contributed by atoms with Crippen molar-refractivity contribution >= 4 is 17.3 Å². The first-order valence-electron chi connectivity index (χ1n) is 7.78. The third kappa shape index (κ3) is 3.28. The van der Waals surface area contributed by atoms with Gasteiger partial charge in [0.2, 0.25) is 0 Å². The van der Waals surface area contributed by atoms with Gasteiger partial charge in [0.05, 0.1) is 11.4 Å². The maximum atomic E-state index is 13.2. The summed E-state index contributed by atoms with van der Waals surface area (Å²) >= 11 is 0. The number of aromatic nitrogens is 1. The highest BCUT2D eigenvalue weighted by Gasteiger charge is 2.36. The molecule has 25 heavy (non-hydrogen) atoms. The van der Waals surface area contributed by atoms with Crippen molar-refractivity contribution in [2.75, 3.05) is 11.9 Å². The second kappa shape index (κ2) is 7.01. The predicted molar refractivity (Wildman–Crippen MR) is 90.9 cm³/mol. The molecule has 1 amide bonds. The Morgan fingerprint density at radius 3 is 2.68 bits per heavy atom. The SMILES string of the molecule is CCN1C=C(c2ccc(F)cc2)N(C#N)C(Nc2cccnc2)C1=O. The third-order valence-corrected chi connectivity index (χ3v) is 3.87. The molecule has 0 radical (unpaired) electrons. The number of nitrogens with one attached hydrogen (secondary N) is 1. The number of halogens is 1. The molecule has 126 valence electrons. The van der Waals surface area contributed by atoms with Crippen LogP contribution in [0.3, 0.4) is 0 Å². The molecule has 2 heterocycles. The number of pyridine rings is 1. The molecule has 1 aromatic carbocycles. The van der Waals surface area contributed by atoms with E-state index in [4.69, 9.17) is 0 Å². The number of hydrogen-bond acceptors (Lipinski definition) is 5. The van der Waals surface area contributed by atoms with Crippen LogP contribution in [0, 0.1) is 17.3 Å². The normalized spacial score (nSPS) is 17.1. The van der Waals surface area contributed by atoms with E-state index in [-0.39, 0.29) is 11.7 Å². The summed E-state index contributed by atoms with van der Waals surface area (Å²) in [6, 6.07) is 9.30. The molecule has 0 spiro atoms. The summed E-state index contributed by atoms with van der Waals surface area (Å²) in [6.07, 6.45) is 5.96. The number of carbonyl (C=O) groups excluding carboxylic acids is 1. The maximum absolute atomic E-state index is 13.2. The molecule has 0 bridgehead atoms. The van der Waals surface area contributed by atoms with Crippen LogP contribution in [0.4, 0.5) is 10.1 Å². The van der Waals surface area contributed by atoms with E-state index in [0.717, 1.165) is 0 Å². The Labute approximate surface area is 144 Å². The smallest absolute Gasteiger partial charge is 0.271 e. The molecule has 6 nitrogen and oxygen atoms in total. The lowest BCUT2D eigenvalue weighted by atomic mass is 10.1. The number of benzene rings is 1. The van der Waals surface area contributed by atoms with Crippen LogP contribution >= 0.6 is 0 Å². The third-order valence-electron chi connectivity index (χ3n) is 3.87. The second-order valence-electron chi connectivity index (χ2n) is 5.40. The van der Waals surface area contributed by atoms with Crippen molar-refractivity contribution in [2.24, 2.45) is 0 Å². The molecular weight excluding hydrogens is 321 g/mol. The number of amides is 1. The molecule has 1 unspecified atom stereocenters. The number of anilines is 1. The molecule has 7 heteroatoms. The summed E-state index contributed by atoms with van der Waals surface area (Å²) in [4.78, 5) is 19.5. The van der Waals surface area contributed by atoms with Gasteiger partial charge in [-0.05, 0) is 43.3 Å². The summed E-state index contributed by atoms with van der Waals surface area (Å²) < 4.78 is 13.2. The van der Waals surface area contributed by atoms with E-state index in [1.54, 1.807) is 42.9 Å². The van der Waals surface area contributed by atoms with Gasteiger partial charge in [-0.25, -0.2) is 9.29 Å². The molecule has 1 aliphatic rings. The van der Waals surface area contributed by atoms with Gasteiger partial charge >= 0.3 is 0 Å². The van der Waals surface area contributed by atoms with Gasteiger partial charge < -0.3 is 10.2 Å². The zero-order chi connectivity index (χ0) is 17.8. The maximum Gasteiger partial charge on any atom is 0.271 e. The molecule has 0 fully saturated rings. The Kier molecular flexibility index (Phi) is 4.61. The highest BCUT2D eigenvalue weighted by atomic mass is 19.1. The minimum Gasteiger partial charge on any atom is -0.355 e. The largest absolute Gasteiger partial charge is 0.355 e. The Morgan fingerprint density at radius 2 is 2.08 bits per heavy atom. The molecule has 0 saturated carbocycles. The molecule has 0 saturated heterocycles. The van der Waals surface area contributed by atoms with E-state index >= 15 is 0 Å². The Balaban J connectivity index is 2.01. The number of likely N-dealkylation sites (N-methyl/N-ethyl adjacent to an activating group) is 1. The second-order valence-corrected chi connectivity index (χ2v) is 5.40. The van der Waals surface area contributed by atoms with E-state index in [1.165, 1.54) is 21.9 Å². The fraction of sp³-hybridized carbons (Fsp3) is 0.167. The van der Waals surface area contributed by atoms with Gasteiger partial charge in [0.1, 0.15) is 5.82 Å². The van der Waals surface area contributed by atoms with Gasteiger partial charge in [-0.15, -0.1) is 0 Å². The highest BCUT2D eigenvalue weighted by Crippen LogP contribution is 2.28. The summed E-state index contributed by atoms with van der Waals surface area (Å²) in [5.74, 6) is -0.615. The Morgan fingerprint density at radius 1 is 1.32 bits per heavy atom.